The number of anilines is 1. The van der Waals surface area contributed by atoms with Crippen LogP contribution in [-0.4, -0.2) is 17.5 Å². The van der Waals surface area contributed by atoms with Gasteiger partial charge in [-0.2, -0.15) is 0 Å². The summed E-state index contributed by atoms with van der Waals surface area (Å²) in [6.45, 7) is 1.77. The molecule has 0 unspecified atom stereocenters. The molecule has 114 valence electrons. The molecular formula is C16H15ClN2O2S. The van der Waals surface area contributed by atoms with E-state index in [1.54, 1.807) is 42.5 Å². The van der Waals surface area contributed by atoms with Gasteiger partial charge in [0.05, 0.1) is 0 Å². The topological polar surface area (TPSA) is 64.3 Å². The molecule has 0 spiro atoms. The Morgan fingerprint density at radius 1 is 1.32 bits per heavy atom. The average Bonchev–Trinajstić information content (AvgIpc) is 2.46. The highest BCUT2D eigenvalue weighted by atomic mass is 35.5. The Bertz CT molecular complexity index is 719. The molecule has 0 aliphatic carbocycles. The van der Waals surface area contributed by atoms with E-state index in [4.69, 9.17) is 34.3 Å². The number of carbonyl (C=O) groups is 1. The molecular weight excluding hydrogens is 320 g/mol. The standard InChI is InChI=1S/C16H15ClN2O2S/c1-10-7-12(17)5-6-14(10)21-9-15(20)19-13-4-2-3-11(8-13)16(18)22/h2-8H,9H2,1H3,(H2,18,22)(H,19,20). The Labute approximate surface area is 139 Å². The van der Waals surface area contributed by atoms with E-state index >= 15 is 0 Å². The first-order valence-electron chi connectivity index (χ1n) is 6.54. The third kappa shape index (κ3) is 4.44. The molecule has 1 amide bonds. The number of benzene rings is 2. The van der Waals surface area contributed by atoms with Crippen LogP contribution in [0.2, 0.25) is 5.02 Å². The Hall–Kier alpha value is -2.11. The molecule has 0 saturated carbocycles. The fourth-order valence-electron chi connectivity index (χ4n) is 1.87. The van der Waals surface area contributed by atoms with Gasteiger partial charge in [0, 0.05) is 16.3 Å². The van der Waals surface area contributed by atoms with Gasteiger partial charge in [-0.1, -0.05) is 36.0 Å². The van der Waals surface area contributed by atoms with Crippen molar-refractivity contribution in [2.24, 2.45) is 5.73 Å². The molecule has 0 saturated heterocycles. The third-order valence-electron chi connectivity index (χ3n) is 2.93. The molecule has 0 atom stereocenters. The molecule has 0 aromatic heterocycles. The molecule has 4 nitrogen and oxygen atoms in total. The van der Waals surface area contributed by atoms with Crippen LogP contribution in [0.3, 0.4) is 0 Å². The summed E-state index contributed by atoms with van der Waals surface area (Å²) in [5.41, 5.74) is 7.75. The summed E-state index contributed by atoms with van der Waals surface area (Å²) in [5, 5.41) is 3.36. The van der Waals surface area contributed by atoms with Crippen LogP contribution >= 0.6 is 23.8 Å². The lowest BCUT2D eigenvalue weighted by atomic mass is 10.2. The summed E-state index contributed by atoms with van der Waals surface area (Å²) >= 11 is 10.8. The van der Waals surface area contributed by atoms with Crippen molar-refractivity contribution in [3.8, 4) is 5.75 Å². The fourth-order valence-corrected chi connectivity index (χ4v) is 2.22. The molecule has 22 heavy (non-hydrogen) atoms. The Morgan fingerprint density at radius 3 is 2.77 bits per heavy atom. The van der Waals surface area contributed by atoms with Crippen molar-refractivity contribution >= 4 is 40.4 Å². The number of amides is 1. The number of halogens is 1. The second-order valence-corrected chi connectivity index (χ2v) is 5.57. The first-order chi connectivity index (χ1) is 10.5. The quantitative estimate of drug-likeness (QED) is 0.823. The zero-order valence-electron chi connectivity index (χ0n) is 11.9. The highest BCUT2D eigenvalue weighted by Gasteiger charge is 2.07. The smallest absolute Gasteiger partial charge is 0.262 e. The van der Waals surface area contributed by atoms with E-state index in [1.807, 2.05) is 6.92 Å². The Kier molecular flexibility index (Phi) is 5.35. The lowest BCUT2D eigenvalue weighted by Gasteiger charge is -2.10. The minimum Gasteiger partial charge on any atom is -0.483 e. The largest absolute Gasteiger partial charge is 0.483 e. The van der Waals surface area contributed by atoms with Crippen molar-refractivity contribution in [2.75, 3.05) is 11.9 Å². The molecule has 0 fully saturated rings. The molecule has 0 radical (unpaired) electrons. The van der Waals surface area contributed by atoms with Crippen LogP contribution in [0.5, 0.6) is 5.75 Å². The van der Waals surface area contributed by atoms with Crippen molar-refractivity contribution in [3.05, 3.63) is 58.6 Å². The van der Waals surface area contributed by atoms with Crippen molar-refractivity contribution in [2.45, 2.75) is 6.92 Å². The maximum atomic E-state index is 11.9. The van der Waals surface area contributed by atoms with Crippen LogP contribution in [-0.2, 0) is 4.79 Å². The lowest BCUT2D eigenvalue weighted by Crippen LogP contribution is -2.20. The third-order valence-corrected chi connectivity index (χ3v) is 3.40. The minimum absolute atomic E-state index is 0.0974. The van der Waals surface area contributed by atoms with Crippen LogP contribution < -0.4 is 15.8 Å². The second kappa shape index (κ2) is 7.24. The molecule has 6 heteroatoms. The molecule has 0 heterocycles. The van der Waals surface area contributed by atoms with Gasteiger partial charge in [-0.15, -0.1) is 0 Å². The summed E-state index contributed by atoms with van der Waals surface area (Å²) < 4.78 is 5.48. The normalized spacial score (nSPS) is 10.1. The summed E-state index contributed by atoms with van der Waals surface area (Å²) in [4.78, 5) is 12.2. The highest BCUT2D eigenvalue weighted by Crippen LogP contribution is 2.21. The zero-order valence-corrected chi connectivity index (χ0v) is 13.5. The molecule has 2 aromatic rings. The van der Waals surface area contributed by atoms with Crippen LogP contribution in [0, 0.1) is 6.92 Å². The van der Waals surface area contributed by atoms with Gasteiger partial charge in [0.1, 0.15) is 10.7 Å². The van der Waals surface area contributed by atoms with Crippen LogP contribution in [0.15, 0.2) is 42.5 Å². The highest BCUT2D eigenvalue weighted by molar-refractivity contribution is 7.80. The minimum atomic E-state index is -0.269. The Morgan fingerprint density at radius 2 is 2.09 bits per heavy atom. The van der Waals surface area contributed by atoms with E-state index in [-0.39, 0.29) is 17.5 Å². The van der Waals surface area contributed by atoms with Gasteiger partial charge in [-0.25, -0.2) is 0 Å². The summed E-state index contributed by atoms with van der Waals surface area (Å²) in [5.74, 6) is 0.353. The first-order valence-corrected chi connectivity index (χ1v) is 7.33. The second-order valence-electron chi connectivity index (χ2n) is 4.69. The van der Waals surface area contributed by atoms with Crippen molar-refractivity contribution in [1.82, 2.24) is 0 Å². The van der Waals surface area contributed by atoms with Gasteiger partial charge in [0.25, 0.3) is 5.91 Å². The number of carbonyl (C=O) groups excluding carboxylic acids is 1. The number of nitrogens with one attached hydrogen (secondary N) is 1. The average molecular weight is 335 g/mol. The molecule has 2 aromatic carbocycles. The van der Waals surface area contributed by atoms with Crippen molar-refractivity contribution < 1.29 is 9.53 Å². The molecule has 0 aliphatic rings. The molecule has 3 N–H and O–H groups in total. The predicted octanol–water partition coefficient (Wildman–Crippen LogP) is 3.30. The predicted molar refractivity (Wildman–Crippen MR) is 92.6 cm³/mol. The number of hydrogen-bond acceptors (Lipinski definition) is 3. The summed E-state index contributed by atoms with van der Waals surface area (Å²) in [7, 11) is 0. The number of rotatable bonds is 5. The number of thiocarbonyl (C=S) groups is 1. The molecule has 2 rings (SSSR count). The van der Waals surface area contributed by atoms with E-state index in [0.29, 0.717) is 22.0 Å². The monoisotopic (exact) mass is 334 g/mol. The lowest BCUT2D eigenvalue weighted by molar-refractivity contribution is -0.118. The van der Waals surface area contributed by atoms with Crippen LogP contribution in [0.1, 0.15) is 11.1 Å². The van der Waals surface area contributed by atoms with Gasteiger partial charge in [-0.05, 0) is 42.8 Å². The van der Waals surface area contributed by atoms with Gasteiger partial charge < -0.3 is 15.8 Å². The van der Waals surface area contributed by atoms with Crippen molar-refractivity contribution in [1.29, 1.82) is 0 Å². The van der Waals surface area contributed by atoms with Gasteiger partial charge in [0.15, 0.2) is 6.61 Å². The number of ether oxygens (including phenoxy) is 1. The molecule has 0 bridgehead atoms. The van der Waals surface area contributed by atoms with E-state index in [1.165, 1.54) is 0 Å². The SMILES string of the molecule is Cc1cc(Cl)ccc1OCC(=O)Nc1cccc(C(N)=S)c1. The van der Waals surface area contributed by atoms with Crippen molar-refractivity contribution in [3.63, 3.8) is 0 Å². The van der Waals surface area contributed by atoms with E-state index in [2.05, 4.69) is 5.32 Å². The maximum absolute atomic E-state index is 11.9. The van der Waals surface area contributed by atoms with E-state index in [0.717, 1.165) is 5.56 Å². The van der Waals surface area contributed by atoms with Gasteiger partial charge in [-0.3, -0.25) is 4.79 Å². The van der Waals surface area contributed by atoms with E-state index in [9.17, 15) is 4.79 Å². The zero-order chi connectivity index (χ0) is 16.1. The first kappa shape index (κ1) is 16.3. The Balaban J connectivity index is 1.95. The number of aryl methyl sites for hydroxylation is 1. The fraction of sp³-hybridized carbons (Fsp3) is 0.125. The summed E-state index contributed by atoms with van der Waals surface area (Å²) in [6, 6.07) is 12.3. The number of hydrogen-bond donors (Lipinski definition) is 2. The van der Waals surface area contributed by atoms with Gasteiger partial charge in [0.2, 0.25) is 0 Å². The molecule has 0 aliphatic heterocycles. The maximum Gasteiger partial charge on any atom is 0.262 e. The van der Waals surface area contributed by atoms with Gasteiger partial charge >= 0.3 is 0 Å². The summed E-state index contributed by atoms with van der Waals surface area (Å²) in [6.07, 6.45) is 0. The number of nitrogens with two attached hydrogens (primary N) is 1. The van der Waals surface area contributed by atoms with Crippen LogP contribution in [0.25, 0.3) is 0 Å². The van der Waals surface area contributed by atoms with E-state index < -0.39 is 0 Å². The van der Waals surface area contributed by atoms with Crippen LogP contribution in [0.4, 0.5) is 5.69 Å².